The van der Waals surface area contributed by atoms with Crippen molar-refractivity contribution >= 4 is 28.6 Å². The van der Waals surface area contributed by atoms with E-state index in [0.717, 1.165) is 25.7 Å². The Kier molecular flexibility index (Phi) is 6.40. The predicted molar refractivity (Wildman–Crippen MR) is 111 cm³/mol. The molecule has 1 aromatic heterocycles. The molecule has 0 spiro atoms. The molecule has 1 aliphatic carbocycles. The number of aromatic nitrogens is 2. The Morgan fingerprint density at radius 1 is 1.36 bits per heavy atom. The molecule has 1 heterocycles. The van der Waals surface area contributed by atoms with Crippen molar-refractivity contribution in [1.82, 2.24) is 14.9 Å². The van der Waals surface area contributed by atoms with E-state index >= 15 is 0 Å². The predicted octanol–water partition coefficient (Wildman–Crippen LogP) is 3.63. The molecular weight excluding hydrogens is 372 g/mol. The average Bonchev–Trinajstić information content (AvgIpc) is 2.71. The molecule has 1 N–H and O–H groups in total. The Morgan fingerprint density at radius 3 is 2.75 bits per heavy atom. The third-order valence-corrected chi connectivity index (χ3v) is 6.30. The lowest BCUT2D eigenvalue weighted by molar-refractivity contribution is -0.121. The number of nitrogens with zero attached hydrogens (tertiary/aromatic N) is 3. The molecule has 28 heavy (non-hydrogen) atoms. The number of fused-ring (bicyclic) bond motifs is 1. The summed E-state index contributed by atoms with van der Waals surface area (Å²) in [4.78, 5) is 30.3. The van der Waals surface area contributed by atoms with E-state index in [4.69, 9.17) is 0 Å². The zero-order valence-corrected chi connectivity index (χ0v) is 17.2. The van der Waals surface area contributed by atoms with Crippen LogP contribution in [0.25, 0.3) is 10.9 Å². The molecule has 0 bridgehead atoms. The summed E-state index contributed by atoms with van der Waals surface area (Å²) in [5.74, 6) is -0.182. The highest BCUT2D eigenvalue weighted by Crippen LogP contribution is 2.29. The Morgan fingerprint density at radius 2 is 2.07 bits per heavy atom. The standard InChI is InChI=1S/C21H26N4O2S/c1-3-13-25-19(27)16-9-5-6-10-17(16)23-20(25)28-15(2)18(26)24-21(14-22)11-7-4-8-12-21/h5-6,9-10,15H,3-4,7-8,11-13H2,1-2H3,(H,24,26)/t15-/m0/s1. The van der Waals surface area contributed by atoms with Gasteiger partial charge >= 0.3 is 0 Å². The number of nitrogens with one attached hydrogen (secondary N) is 1. The first-order valence-corrected chi connectivity index (χ1v) is 10.8. The van der Waals surface area contributed by atoms with Crippen LogP contribution in [0.2, 0.25) is 0 Å². The third kappa shape index (κ3) is 4.22. The zero-order chi connectivity index (χ0) is 20.1. The first-order valence-electron chi connectivity index (χ1n) is 9.89. The maximum absolute atomic E-state index is 12.9. The zero-order valence-electron chi connectivity index (χ0n) is 16.4. The van der Waals surface area contributed by atoms with Gasteiger partial charge in [-0.3, -0.25) is 14.2 Å². The van der Waals surface area contributed by atoms with Crippen molar-refractivity contribution in [3.05, 3.63) is 34.6 Å². The van der Waals surface area contributed by atoms with E-state index in [1.807, 2.05) is 25.1 Å². The molecule has 1 atom stereocenters. The maximum atomic E-state index is 12.9. The molecule has 1 saturated carbocycles. The number of thioether (sulfide) groups is 1. The second-order valence-corrected chi connectivity index (χ2v) is 8.68. The van der Waals surface area contributed by atoms with Crippen molar-refractivity contribution in [1.29, 1.82) is 5.26 Å². The number of nitriles is 1. The van der Waals surface area contributed by atoms with E-state index in [1.165, 1.54) is 11.8 Å². The van der Waals surface area contributed by atoms with E-state index in [1.54, 1.807) is 17.6 Å². The van der Waals surface area contributed by atoms with E-state index in [0.29, 0.717) is 35.4 Å². The molecule has 6 nitrogen and oxygen atoms in total. The van der Waals surface area contributed by atoms with Crippen LogP contribution in [-0.2, 0) is 11.3 Å². The lowest BCUT2D eigenvalue weighted by atomic mass is 9.83. The van der Waals surface area contributed by atoms with Crippen LogP contribution in [0.4, 0.5) is 0 Å². The Bertz CT molecular complexity index is 957. The minimum Gasteiger partial charge on any atom is -0.337 e. The number of para-hydroxylation sites is 1. The number of carbonyl (C=O) groups is 1. The van der Waals surface area contributed by atoms with Gasteiger partial charge in [-0.15, -0.1) is 0 Å². The smallest absolute Gasteiger partial charge is 0.262 e. The van der Waals surface area contributed by atoms with Crippen LogP contribution in [0, 0.1) is 11.3 Å². The highest BCUT2D eigenvalue weighted by molar-refractivity contribution is 8.00. The lowest BCUT2D eigenvalue weighted by Gasteiger charge is -2.32. The van der Waals surface area contributed by atoms with Gasteiger partial charge in [0.2, 0.25) is 5.91 Å². The van der Waals surface area contributed by atoms with Gasteiger partial charge in [0.25, 0.3) is 5.56 Å². The summed E-state index contributed by atoms with van der Waals surface area (Å²) in [6, 6.07) is 9.59. The van der Waals surface area contributed by atoms with Crippen LogP contribution in [0.1, 0.15) is 52.4 Å². The third-order valence-electron chi connectivity index (χ3n) is 5.21. The van der Waals surface area contributed by atoms with Crippen molar-refractivity contribution in [2.75, 3.05) is 0 Å². The van der Waals surface area contributed by atoms with Gasteiger partial charge in [-0.25, -0.2) is 4.98 Å². The summed E-state index contributed by atoms with van der Waals surface area (Å²) in [5, 5.41) is 13.2. The highest BCUT2D eigenvalue weighted by Gasteiger charge is 2.35. The second-order valence-electron chi connectivity index (χ2n) is 7.37. The molecule has 7 heteroatoms. The minimum absolute atomic E-state index is 0.0802. The van der Waals surface area contributed by atoms with Gasteiger partial charge in [0, 0.05) is 6.54 Å². The number of rotatable bonds is 6. The maximum Gasteiger partial charge on any atom is 0.262 e. The number of hydrogen-bond donors (Lipinski definition) is 1. The van der Waals surface area contributed by atoms with Crippen LogP contribution in [0.3, 0.4) is 0 Å². The summed E-state index contributed by atoms with van der Waals surface area (Å²) in [5.41, 5.74) is -0.205. The molecule has 1 fully saturated rings. The van der Waals surface area contributed by atoms with Gasteiger partial charge < -0.3 is 5.32 Å². The fourth-order valence-corrected chi connectivity index (χ4v) is 4.56. The molecule has 1 aromatic carbocycles. The first kappa shape index (κ1) is 20.4. The molecule has 0 saturated heterocycles. The summed E-state index contributed by atoms with van der Waals surface area (Å²) >= 11 is 1.28. The highest BCUT2D eigenvalue weighted by atomic mass is 32.2. The van der Waals surface area contributed by atoms with E-state index < -0.39 is 10.8 Å². The van der Waals surface area contributed by atoms with Gasteiger partial charge in [-0.1, -0.05) is 50.1 Å². The van der Waals surface area contributed by atoms with Gasteiger partial charge in [0.1, 0.15) is 5.54 Å². The molecule has 0 radical (unpaired) electrons. The monoisotopic (exact) mass is 398 g/mol. The molecule has 0 aliphatic heterocycles. The Labute approximate surface area is 169 Å². The van der Waals surface area contributed by atoms with Crippen molar-refractivity contribution in [3.63, 3.8) is 0 Å². The second kappa shape index (κ2) is 8.78. The minimum atomic E-state index is -0.760. The van der Waals surface area contributed by atoms with Crippen LogP contribution in [0.15, 0.2) is 34.2 Å². The molecule has 1 aliphatic rings. The molecule has 3 rings (SSSR count). The van der Waals surface area contributed by atoms with Gasteiger partial charge in [0.15, 0.2) is 5.16 Å². The SMILES string of the molecule is CCCn1c(S[C@@H](C)C(=O)NC2(C#N)CCCCC2)nc2ccccc2c1=O. The molecule has 1 amide bonds. The molecular formula is C21H26N4O2S. The van der Waals surface area contributed by atoms with Crippen LogP contribution < -0.4 is 10.9 Å². The van der Waals surface area contributed by atoms with Gasteiger partial charge in [0.05, 0.1) is 22.2 Å². The fourth-order valence-electron chi connectivity index (χ4n) is 3.63. The summed E-state index contributed by atoms with van der Waals surface area (Å²) in [6.45, 7) is 4.35. The Hall–Kier alpha value is -2.33. The van der Waals surface area contributed by atoms with E-state index in [2.05, 4.69) is 16.4 Å². The summed E-state index contributed by atoms with van der Waals surface area (Å²) < 4.78 is 1.65. The van der Waals surface area contributed by atoms with Crippen LogP contribution in [0.5, 0.6) is 0 Å². The van der Waals surface area contributed by atoms with E-state index in [-0.39, 0.29) is 11.5 Å². The lowest BCUT2D eigenvalue weighted by Crippen LogP contribution is -2.51. The van der Waals surface area contributed by atoms with Gasteiger partial charge in [-0.05, 0) is 38.3 Å². The van der Waals surface area contributed by atoms with Crippen molar-refractivity contribution in [2.24, 2.45) is 0 Å². The number of carbonyl (C=O) groups excluding carboxylic acids is 1. The largest absolute Gasteiger partial charge is 0.337 e. The normalized spacial score (nSPS) is 17.0. The summed E-state index contributed by atoms with van der Waals surface area (Å²) in [7, 11) is 0. The average molecular weight is 399 g/mol. The van der Waals surface area contributed by atoms with Crippen LogP contribution in [-0.4, -0.2) is 26.2 Å². The van der Waals surface area contributed by atoms with Crippen molar-refractivity contribution in [3.8, 4) is 6.07 Å². The molecule has 148 valence electrons. The van der Waals surface area contributed by atoms with Crippen molar-refractivity contribution < 1.29 is 4.79 Å². The Balaban J connectivity index is 1.85. The molecule has 0 unspecified atom stereocenters. The number of amides is 1. The number of benzene rings is 1. The first-order chi connectivity index (χ1) is 13.5. The summed E-state index contributed by atoms with van der Waals surface area (Å²) in [6.07, 6.45) is 5.21. The van der Waals surface area contributed by atoms with Crippen LogP contribution >= 0.6 is 11.8 Å². The topological polar surface area (TPSA) is 87.8 Å². The quantitative estimate of drug-likeness (QED) is 0.593. The fraction of sp³-hybridized carbons (Fsp3) is 0.524. The number of hydrogen-bond acceptors (Lipinski definition) is 5. The van der Waals surface area contributed by atoms with Gasteiger partial charge in [-0.2, -0.15) is 5.26 Å². The van der Waals surface area contributed by atoms with E-state index in [9.17, 15) is 14.9 Å². The molecule has 2 aromatic rings. The van der Waals surface area contributed by atoms with Crippen molar-refractivity contribution in [2.45, 2.75) is 74.9 Å².